The Bertz CT molecular complexity index is 740. The molecule has 0 amide bonds. The first kappa shape index (κ1) is 9.84. The van der Waals surface area contributed by atoms with Gasteiger partial charge >= 0.3 is 0 Å². The van der Waals surface area contributed by atoms with Crippen molar-refractivity contribution in [2.24, 2.45) is 7.05 Å². The van der Waals surface area contributed by atoms with Crippen LogP contribution in [0.25, 0.3) is 16.6 Å². The molecule has 0 aliphatic rings. The van der Waals surface area contributed by atoms with Crippen molar-refractivity contribution in [3.8, 4) is 5.69 Å². The molecular formula is C13H11N3O. The third-order valence-electron chi connectivity index (χ3n) is 2.83. The van der Waals surface area contributed by atoms with Gasteiger partial charge in [-0.1, -0.05) is 6.07 Å². The number of aryl methyl sites for hydroxylation is 1. The van der Waals surface area contributed by atoms with Crippen LogP contribution in [0.1, 0.15) is 0 Å². The molecule has 4 nitrogen and oxygen atoms in total. The van der Waals surface area contributed by atoms with Gasteiger partial charge in [0.2, 0.25) is 0 Å². The Labute approximate surface area is 97.7 Å². The lowest BCUT2D eigenvalue weighted by Gasteiger charge is -2.04. The van der Waals surface area contributed by atoms with Crippen LogP contribution in [0.2, 0.25) is 0 Å². The van der Waals surface area contributed by atoms with Gasteiger partial charge < -0.3 is 0 Å². The minimum atomic E-state index is -0.0317. The van der Waals surface area contributed by atoms with Gasteiger partial charge in [0.05, 0.1) is 11.7 Å². The van der Waals surface area contributed by atoms with Crippen molar-refractivity contribution in [3.63, 3.8) is 0 Å². The normalized spacial score (nSPS) is 10.9. The molecule has 0 unspecified atom stereocenters. The summed E-state index contributed by atoms with van der Waals surface area (Å²) < 4.78 is 3.43. The Morgan fingerprint density at radius 2 is 2.06 bits per heavy atom. The maximum absolute atomic E-state index is 11.7. The third kappa shape index (κ3) is 1.54. The van der Waals surface area contributed by atoms with Crippen molar-refractivity contribution in [3.05, 3.63) is 59.1 Å². The van der Waals surface area contributed by atoms with E-state index in [1.165, 1.54) is 0 Å². The van der Waals surface area contributed by atoms with E-state index >= 15 is 0 Å². The highest BCUT2D eigenvalue weighted by molar-refractivity contribution is 5.80. The molecule has 4 heteroatoms. The highest BCUT2D eigenvalue weighted by Crippen LogP contribution is 2.16. The van der Waals surface area contributed by atoms with Crippen LogP contribution >= 0.6 is 0 Å². The number of fused-ring (bicyclic) bond motifs is 1. The molecule has 0 bridgehead atoms. The molecule has 0 spiro atoms. The predicted molar refractivity (Wildman–Crippen MR) is 66.3 cm³/mol. The zero-order valence-electron chi connectivity index (χ0n) is 9.37. The summed E-state index contributed by atoms with van der Waals surface area (Å²) in [6.07, 6.45) is 3.56. The molecule has 3 rings (SSSR count). The predicted octanol–water partition coefficient (Wildman–Crippen LogP) is 1.72. The molecule has 0 N–H and O–H groups in total. The van der Waals surface area contributed by atoms with Crippen LogP contribution in [0.5, 0.6) is 0 Å². The van der Waals surface area contributed by atoms with Crippen LogP contribution in [0, 0.1) is 0 Å². The summed E-state index contributed by atoms with van der Waals surface area (Å²) in [5.41, 5.74) is 1.88. The summed E-state index contributed by atoms with van der Waals surface area (Å²) in [5, 5.41) is 5.21. The van der Waals surface area contributed by atoms with E-state index in [4.69, 9.17) is 0 Å². The Kier molecular flexibility index (Phi) is 2.08. The molecule has 84 valence electrons. The average molecular weight is 225 g/mol. The summed E-state index contributed by atoms with van der Waals surface area (Å²) in [4.78, 5) is 11.7. The number of hydrogen-bond donors (Lipinski definition) is 0. The molecule has 0 saturated carbocycles. The lowest BCUT2D eigenvalue weighted by molar-refractivity contribution is 0.797. The summed E-state index contributed by atoms with van der Waals surface area (Å²) >= 11 is 0. The maximum atomic E-state index is 11.7. The molecule has 0 aliphatic heterocycles. The third-order valence-corrected chi connectivity index (χ3v) is 2.83. The quantitative estimate of drug-likeness (QED) is 0.632. The number of hydrogen-bond acceptors (Lipinski definition) is 2. The van der Waals surface area contributed by atoms with Crippen molar-refractivity contribution in [2.45, 2.75) is 0 Å². The van der Waals surface area contributed by atoms with Crippen LogP contribution in [0.15, 0.2) is 53.6 Å². The highest BCUT2D eigenvalue weighted by Gasteiger charge is 2.02. The molecule has 0 saturated heterocycles. The van der Waals surface area contributed by atoms with Gasteiger partial charge in [-0.2, -0.15) is 5.10 Å². The van der Waals surface area contributed by atoms with Gasteiger partial charge in [0.15, 0.2) is 0 Å². The molecule has 1 aromatic carbocycles. The largest absolute Gasteiger partial charge is 0.284 e. The van der Waals surface area contributed by atoms with E-state index in [0.717, 1.165) is 16.6 Å². The second kappa shape index (κ2) is 3.59. The van der Waals surface area contributed by atoms with Gasteiger partial charge in [-0.05, 0) is 24.3 Å². The number of nitrogens with zero attached hydrogens (tertiary/aromatic N) is 3. The molecule has 2 heterocycles. The van der Waals surface area contributed by atoms with E-state index in [2.05, 4.69) is 5.10 Å². The fourth-order valence-electron chi connectivity index (χ4n) is 1.94. The summed E-state index contributed by atoms with van der Waals surface area (Å²) in [6.45, 7) is 0. The lowest BCUT2D eigenvalue weighted by atomic mass is 10.2. The standard InChI is InChI=1S/C13H11N3O/c1-15-12-6-5-11(8-10(12)9-14-15)16-7-3-2-4-13(16)17/h2-9H,1H3. The SMILES string of the molecule is Cn1ncc2cc(-n3ccccc3=O)ccc21. The van der Waals surface area contributed by atoms with Crippen LogP contribution in [0.3, 0.4) is 0 Å². The zero-order chi connectivity index (χ0) is 11.8. The number of pyridine rings is 1. The average Bonchev–Trinajstić information content (AvgIpc) is 2.71. The molecule has 3 aromatic rings. The first-order chi connectivity index (χ1) is 8.25. The van der Waals surface area contributed by atoms with Crippen molar-refractivity contribution in [2.75, 3.05) is 0 Å². The maximum Gasteiger partial charge on any atom is 0.255 e. The smallest absolute Gasteiger partial charge is 0.255 e. The topological polar surface area (TPSA) is 39.8 Å². The van der Waals surface area contributed by atoms with Crippen LogP contribution in [-0.4, -0.2) is 14.3 Å². The van der Waals surface area contributed by atoms with Crippen LogP contribution in [-0.2, 0) is 7.05 Å². The highest BCUT2D eigenvalue weighted by atomic mass is 16.1. The Balaban J connectivity index is 2.25. The minimum Gasteiger partial charge on any atom is -0.284 e. The summed E-state index contributed by atoms with van der Waals surface area (Å²) in [6, 6.07) is 11.0. The molecule has 0 atom stereocenters. The Morgan fingerprint density at radius 1 is 1.18 bits per heavy atom. The van der Waals surface area contributed by atoms with E-state index in [-0.39, 0.29) is 5.56 Å². The molecular weight excluding hydrogens is 214 g/mol. The second-order valence-corrected chi connectivity index (χ2v) is 3.92. The number of aromatic nitrogens is 3. The molecule has 0 aliphatic carbocycles. The summed E-state index contributed by atoms with van der Waals surface area (Å²) in [5.74, 6) is 0. The second-order valence-electron chi connectivity index (χ2n) is 3.92. The zero-order valence-corrected chi connectivity index (χ0v) is 9.37. The summed E-state index contributed by atoms with van der Waals surface area (Å²) in [7, 11) is 1.90. The van der Waals surface area contributed by atoms with Crippen molar-refractivity contribution in [1.29, 1.82) is 0 Å². The number of benzene rings is 1. The molecule has 2 aromatic heterocycles. The van der Waals surface area contributed by atoms with Gasteiger partial charge in [-0.25, -0.2) is 0 Å². The van der Waals surface area contributed by atoms with Crippen LogP contribution < -0.4 is 5.56 Å². The van der Waals surface area contributed by atoms with E-state index in [1.54, 1.807) is 29.1 Å². The lowest BCUT2D eigenvalue weighted by Crippen LogP contribution is -2.15. The first-order valence-corrected chi connectivity index (χ1v) is 5.35. The van der Waals surface area contributed by atoms with Gasteiger partial charge in [0.1, 0.15) is 0 Å². The number of rotatable bonds is 1. The van der Waals surface area contributed by atoms with Gasteiger partial charge in [0.25, 0.3) is 5.56 Å². The van der Waals surface area contributed by atoms with E-state index in [0.29, 0.717) is 0 Å². The molecule has 0 radical (unpaired) electrons. The van der Waals surface area contributed by atoms with Crippen molar-refractivity contribution < 1.29 is 0 Å². The van der Waals surface area contributed by atoms with Crippen molar-refractivity contribution >= 4 is 10.9 Å². The Hall–Kier alpha value is -2.36. The van der Waals surface area contributed by atoms with Gasteiger partial charge in [-0.15, -0.1) is 0 Å². The Morgan fingerprint density at radius 3 is 2.88 bits per heavy atom. The monoisotopic (exact) mass is 225 g/mol. The van der Waals surface area contributed by atoms with Crippen LogP contribution in [0.4, 0.5) is 0 Å². The van der Waals surface area contributed by atoms with E-state index in [1.807, 2.05) is 36.0 Å². The minimum absolute atomic E-state index is 0.0317. The van der Waals surface area contributed by atoms with E-state index in [9.17, 15) is 4.79 Å². The molecule has 17 heavy (non-hydrogen) atoms. The van der Waals surface area contributed by atoms with Crippen molar-refractivity contribution in [1.82, 2.24) is 14.3 Å². The van der Waals surface area contributed by atoms with E-state index < -0.39 is 0 Å². The fraction of sp³-hybridized carbons (Fsp3) is 0.0769. The first-order valence-electron chi connectivity index (χ1n) is 5.35. The van der Waals surface area contributed by atoms with Gasteiger partial charge in [-0.3, -0.25) is 14.0 Å². The fourth-order valence-corrected chi connectivity index (χ4v) is 1.94. The molecule has 0 fully saturated rings. The van der Waals surface area contributed by atoms with Gasteiger partial charge in [0, 0.05) is 30.4 Å².